The van der Waals surface area contributed by atoms with Gasteiger partial charge in [-0.05, 0) is 49.5 Å². The third-order valence-corrected chi connectivity index (χ3v) is 6.09. The molecule has 0 radical (unpaired) electrons. The molecule has 2 aromatic carbocycles. The van der Waals surface area contributed by atoms with Gasteiger partial charge in [-0.1, -0.05) is 35.0 Å². The van der Waals surface area contributed by atoms with E-state index in [2.05, 4.69) is 45.8 Å². The molecule has 1 aromatic heterocycles. The fourth-order valence-corrected chi connectivity index (χ4v) is 4.88. The van der Waals surface area contributed by atoms with Gasteiger partial charge in [-0.2, -0.15) is 4.98 Å². The number of nitrogens with zero attached hydrogens (tertiary/aromatic N) is 2. The smallest absolute Gasteiger partial charge is 0.223 e. The molecule has 6 rings (SSSR count). The minimum Gasteiger partial charge on any atom is -0.456 e. The molecule has 2 atom stereocenters. The van der Waals surface area contributed by atoms with Crippen molar-refractivity contribution in [3.05, 3.63) is 65.1 Å². The topological polar surface area (TPSA) is 60.2 Å². The van der Waals surface area contributed by atoms with Crippen LogP contribution in [0.3, 0.4) is 0 Å². The number of para-hydroxylation sites is 1. The van der Waals surface area contributed by atoms with E-state index >= 15 is 0 Å². The number of hydrogen-bond acceptors (Lipinski definition) is 5. The second-order valence-electron chi connectivity index (χ2n) is 7.97. The Hall–Kier alpha value is -2.92. The molecule has 2 fully saturated rings. The van der Waals surface area contributed by atoms with E-state index in [1.54, 1.807) is 12.5 Å². The van der Waals surface area contributed by atoms with E-state index in [1.165, 1.54) is 29.5 Å². The van der Waals surface area contributed by atoms with Gasteiger partial charge in [0, 0.05) is 35.7 Å². The zero-order valence-electron chi connectivity index (χ0n) is 15.7. The predicted octanol–water partition coefficient (Wildman–Crippen LogP) is 4.87. The molecule has 1 N–H and O–H groups in total. The Morgan fingerprint density at radius 3 is 2.54 bits per heavy atom. The van der Waals surface area contributed by atoms with Gasteiger partial charge in [-0.25, -0.2) is 0 Å². The highest BCUT2D eigenvalue weighted by Gasteiger charge is 2.34. The summed E-state index contributed by atoms with van der Waals surface area (Å²) in [6.07, 6.45) is 4.79. The Morgan fingerprint density at radius 1 is 0.964 bits per heavy atom. The van der Waals surface area contributed by atoms with Crippen LogP contribution in [-0.2, 0) is 0 Å². The predicted molar refractivity (Wildman–Crippen MR) is 106 cm³/mol. The van der Waals surface area contributed by atoms with Gasteiger partial charge in [0.2, 0.25) is 11.7 Å². The van der Waals surface area contributed by atoms with Crippen LogP contribution >= 0.6 is 0 Å². The lowest BCUT2D eigenvalue weighted by atomic mass is 9.84. The summed E-state index contributed by atoms with van der Waals surface area (Å²) in [5.74, 6) is 2.95. The van der Waals surface area contributed by atoms with Gasteiger partial charge in [0.25, 0.3) is 0 Å². The molecule has 0 aliphatic carbocycles. The largest absolute Gasteiger partial charge is 0.456 e. The molecule has 2 saturated heterocycles. The van der Waals surface area contributed by atoms with Crippen molar-refractivity contribution in [1.82, 2.24) is 15.5 Å². The summed E-state index contributed by atoms with van der Waals surface area (Å²) < 4.78 is 11.4. The number of aromatic nitrogens is 2. The quantitative estimate of drug-likeness (QED) is 0.517. The SMILES string of the molecule is Cc1nc(-c2ccc3c(c2)Oc2ccccc2C3=C2CC3CCC(C2)N3)no1. The molecule has 5 nitrogen and oxygen atoms in total. The monoisotopic (exact) mass is 371 g/mol. The summed E-state index contributed by atoms with van der Waals surface area (Å²) in [6.45, 7) is 1.80. The van der Waals surface area contributed by atoms with Crippen molar-refractivity contribution in [2.24, 2.45) is 0 Å². The number of nitrogens with one attached hydrogen (secondary N) is 1. The second-order valence-corrected chi connectivity index (χ2v) is 7.97. The average molecular weight is 371 g/mol. The fourth-order valence-electron chi connectivity index (χ4n) is 4.88. The highest BCUT2D eigenvalue weighted by atomic mass is 16.5. The number of hydrogen-bond donors (Lipinski definition) is 1. The molecule has 3 aliphatic heterocycles. The van der Waals surface area contributed by atoms with E-state index in [-0.39, 0.29) is 0 Å². The molecular formula is C23H21N3O2. The maximum absolute atomic E-state index is 6.30. The minimum absolute atomic E-state index is 0.562. The van der Waals surface area contributed by atoms with Crippen molar-refractivity contribution < 1.29 is 9.26 Å². The lowest BCUT2D eigenvalue weighted by Crippen LogP contribution is -2.35. The Labute approximate surface area is 163 Å². The summed E-state index contributed by atoms with van der Waals surface area (Å²) in [5.41, 5.74) is 6.18. The number of benzene rings is 2. The lowest BCUT2D eigenvalue weighted by molar-refractivity contribution is 0.394. The van der Waals surface area contributed by atoms with Crippen molar-refractivity contribution in [3.63, 3.8) is 0 Å². The van der Waals surface area contributed by atoms with Crippen LogP contribution in [0.1, 0.15) is 42.7 Å². The maximum atomic E-state index is 6.30. The van der Waals surface area contributed by atoms with E-state index in [0.29, 0.717) is 23.8 Å². The number of rotatable bonds is 1. The molecular weight excluding hydrogens is 350 g/mol. The fraction of sp³-hybridized carbons (Fsp3) is 0.304. The third kappa shape index (κ3) is 2.50. The Bertz CT molecular complexity index is 1100. The van der Waals surface area contributed by atoms with Crippen LogP contribution in [-0.4, -0.2) is 22.2 Å². The van der Waals surface area contributed by atoms with Gasteiger partial charge in [0.15, 0.2) is 0 Å². The van der Waals surface area contributed by atoms with E-state index in [1.807, 2.05) is 12.1 Å². The first-order valence-electron chi connectivity index (χ1n) is 9.95. The molecule has 4 heterocycles. The number of piperidine rings is 1. The first-order valence-corrected chi connectivity index (χ1v) is 9.95. The van der Waals surface area contributed by atoms with Crippen LogP contribution < -0.4 is 10.1 Å². The normalized spacial score (nSPS) is 22.6. The van der Waals surface area contributed by atoms with E-state index in [4.69, 9.17) is 9.26 Å². The van der Waals surface area contributed by atoms with Gasteiger partial charge in [-0.3, -0.25) is 0 Å². The Kier molecular flexibility index (Phi) is 3.47. The van der Waals surface area contributed by atoms with Gasteiger partial charge in [-0.15, -0.1) is 0 Å². The Morgan fingerprint density at radius 2 is 1.75 bits per heavy atom. The molecule has 3 aliphatic rings. The van der Waals surface area contributed by atoms with Crippen LogP contribution in [0.25, 0.3) is 17.0 Å². The summed E-state index contributed by atoms with van der Waals surface area (Å²) in [5, 5.41) is 7.80. The number of fused-ring (bicyclic) bond motifs is 4. The van der Waals surface area contributed by atoms with E-state index in [9.17, 15) is 0 Å². The zero-order chi connectivity index (χ0) is 18.7. The third-order valence-electron chi connectivity index (χ3n) is 6.09. The second kappa shape index (κ2) is 6.04. The van der Waals surface area contributed by atoms with Gasteiger partial charge in [0.1, 0.15) is 11.5 Å². The number of aryl methyl sites for hydroxylation is 1. The molecule has 2 bridgehead atoms. The zero-order valence-corrected chi connectivity index (χ0v) is 15.7. The van der Waals surface area contributed by atoms with Crippen LogP contribution in [0.2, 0.25) is 0 Å². The van der Waals surface area contributed by atoms with Crippen molar-refractivity contribution in [2.45, 2.75) is 44.7 Å². The highest BCUT2D eigenvalue weighted by Crippen LogP contribution is 2.48. The Balaban J connectivity index is 1.52. The standard InChI is InChI=1S/C23H21N3O2/c1-13-24-23(26-28-13)14-6-9-19-21(12-14)27-20-5-3-2-4-18(20)22(19)15-10-16-7-8-17(11-15)25-16/h2-6,9,12,16-17,25H,7-8,10-11H2,1H3. The van der Waals surface area contributed by atoms with E-state index < -0.39 is 0 Å². The van der Waals surface area contributed by atoms with Crippen LogP contribution in [0.5, 0.6) is 11.5 Å². The summed E-state index contributed by atoms with van der Waals surface area (Å²) >= 11 is 0. The molecule has 2 unspecified atom stereocenters. The maximum Gasteiger partial charge on any atom is 0.223 e. The van der Waals surface area contributed by atoms with E-state index in [0.717, 1.165) is 29.9 Å². The molecule has 0 spiro atoms. The van der Waals surface area contributed by atoms with Gasteiger partial charge < -0.3 is 14.6 Å². The van der Waals surface area contributed by atoms with Crippen LogP contribution in [0.4, 0.5) is 0 Å². The number of ether oxygens (including phenoxy) is 1. The van der Waals surface area contributed by atoms with Gasteiger partial charge >= 0.3 is 0 Å². The van der Waals surface area contributed by atoms with Crippen molar-refractivity contribution in [1.29, 1.82) is 0 Å². The summed E-state index contributed by atoms with van der Waals surface area (Å²) in [7, 11) is 0. The average Bonchev–Trinajstić information content (AvgIpc) is 3.30. The molecule has 0 amide bonds. The van der Waals surface area contributed by atoms with Crippen molar-refractivity contribution >= 4 is 5.57 Å². The first kappa shape index (κ1) is 16.1. The van der Waals surface area contributed by atoms with Crippen LogP contribution in [0, 0.1) is 6.92 Å². The molecule has 140 valence electrons. The molecule has 0 saturated carbocycles. The molecule has 5 heteroatoms. The molecule has 3 aromatic rings. The van der Waals surface area contributed by atoms with Gasteiger partial charge in [0.05, 0.1) is 0 Å². The highest BCUT2D eigenvalue weighted by molar-refractivity contribution is 5.90. The summed E-state index contributed by atoms with van der Waals surface area (Å²) in [4.78, 5) is 4.36. The lowest BCUT2D eigenvalue weighted by Gasteiger charge is -2.30. The first-order chi connectivity index (χ1) is 13.7. The van der Waals surface area contributed by atoms with Crippen molar-refractivity contribution in [3.8, 4) is 22.9 Å². The van der Waals surface area contributed by atoms with Crippen molar-refractivity contribution in [2.75, 3.05) is 0 Å². The van der Waals surface area contributed by atoms with Crippen LogP contribution in [0.15, 0.2) is 52.6 Å². The molecule has 28 heavy (non-hydrogen) atoms. The minimum atomic E-state index is 0.562. The summed E-state index contributed by atoms with van der Waals surface area (Å²) in [6, 6.07) is 15.8.